The van der Waals surface area contributed by atoms with Gasteiger partial charge in [0.15, 0.2) is 11.6 Å². The number of rotatable bonds is 2. The van der Waals surface area contributed by atoms with Gasteiger partial charge < -0.3 is 9.84 Å². The van der Waals surface area contributed by atoms with Crippen molar-refractivity contribution >= 4 is 40.7 Å². The number of halogens is 1. The van der Waals surface area contributed by atoms with Crippen molar-refractivity contribution in [1.29, 1.82) is 0 Å². The van der Waals surface area contributed by atoms with Crippen molar-refractivity contribution in [1.82, 2.24) is 0 Å². The Bertz CT molecular complexity index is 1680. The molecule has 0 spiro atoms. The van der Waals surface area contributed by atoms with Gasteiger partial charge in [-0.05, 0) is 79.8 Å². The molecule has 7 rings (SSSR count). The average Bonchev–Trinajstić information content (AvgIpc) is 3.20. The second-order valence-electron chi connectivity index (χ2n) is 11.0. The summed E-state index contributed by atoms with van der Waals surface area (Å²) >= 11 is 6.04. The first-order valence-electron chi connectivity index (χ1n) is 13.2. The van der Waals surface area contributed by atoms with Crippen molar-refractivity contribution in [2.45, 2.75) is 26.2 Å². The minimum Gasteiger partial charge on any atom is -0.508 e. The Morgan fingerprint density at radius 1 is 1.00 bits per heavy atom. The Balaban J connectivity index is 1.33. The van der Waals surface area contributed by atoms with Crippen LogP contribution in [0.4, 0.5) is 5.69 Å². The summed E-state index contributed by atoms with van der Waals surface area (Å²) < 4.78 is 5.92. The van der Waals surface area contributed by atoms with E-state index in [-0.39, 0.29) is 35.6 Å². The number of ether oxygens (including phenoxy) is 1. The highest BCUT2D eigenvalue weighted by atomic mass is 35.5. The fraction of sp³-hybridized carbons (Fsp3) is 0.250. The zero-order valence-electron chi connectivity index (χ0n) is 21.5. The van der Waals surface area contributed by atoms with Crippen LogP contribution >= 0.6 is 11.6 Å². The van der Waals surface area contributed by atoms with Crippen LogP contribution in [-0.4, -0.2) is 28.5 Å². The van der Waals surface area contributed by atoms with Crippen LogP contribution in [0.5, 0.6) is 11.5 Å². The number of phenolic OH excluding ortho intramolecular Hbond substituents is 1. The van der Waals surface area contributed by atoms with E-state index in [1.54, 1.807) is 55.7 Å². The lowest BCUT2D eigenvalue weighted by molar-refractivity contribution is -0.123. The van der Waals surface area contributed by atoms with Gasteiger partial charge in [0, 0.05) is 39.6 Å². The smallest absolute Gasteiger partial charge is 0.238 e. The van der Waals surface area contributed by atoms with E-state index in [9.17, 15) is 24.3 Å². The number of imide groups is 1. The van der Waals surface area contributed by atoms with Gasteiger partial charge in [-0.2, -0.15) is 0 Å². The van der Waals surface area contributed by atoms with Crippen molar-refractivity contribution in [3.63, 3.8) is 0 Å². The second kappa shape index (κ2) is 8.89. The van der Waals surface area contributed by atoms with Gasteiger partial charge >= 0.3 is 0 Å². The number of nitrogens with zero attached hydrogens (tertiary/aromatic N) is 1. The Morgan fingerprint density at radius 2 is 1.77 bits per heavy atom. The molecule has 2 aliphatic heterocycles. The number of anilines is 1. The molecule has 2 heterocycles. The molecule has 0 saturated carbocycles. The molecule has 1 fully saturated rings. The molecule has 2 amide bonds. The molecule has 7 nitrogen and oxygen atoms in total. The van der Waals surface area contributed by atoms with Gasteiger partial charge in [-0.3, -0.25) is 24.1 Å². The number of hydrogen-bond acceptors (Lipinski definition) is 6. The molecule has 2 aromatic rings. The Morgan fingerprint density at radius 3 is 2.55 bits per heavy atom. The monoisotopic (exact) mass is 553 g/mol. The summed E-state index contributed by atoms with van der Waals surface area (Å²) in [6.07, 6.45) is 5.96. The molecule has 4 atom stereocenters. The molecule has 3 aliphatic carbocycles. The lowest BCUT2D eigenvalue weighted by atomic mass is 9.58. The molecule has 2 aromatic carbocycles. The van der Waals surface area contributed by atoms with Crippen LogP contribution in [0.3, 0.4) is 0 Å². The van der Waals surface area contributed by atoms with Crippen molar-refractivity contribution in [3.8, 4) is 11.5 Å². The number of hydrogen-bond donors (Lipinski definition) is 1. The summed E-state index contributed by atoms with van der Waals surface area (Å²) in [6.45, 7) is 1.63. The minimum atomic E-state index is -0.657. The third-order valence-electron chi connectivity index (χ3n) is 8.79. The maximum Gasteiger partial charge on any atom is 0.238 e. The van der Waals surface area contributed by atoms with Crippen molar-refractivity contribution in [3.05, 3.63) is 99.3 Å². The maximum absolute atomic E-state index is 13.9. The topological polar surface area (TPSA) is 101 Å². The molecule has 40 heavy (non-hydrogen) atoms. The first-order chi connectivity index (χ1) is 19.2. The maximum atomic E-state index is 13.9. The number of carbonyl (C=O) groups excluding carboxylic acids is 4. The van der Waals surface area contributed by atoms with E-state index >= 15 is 0 Å². The third kappa shape index (κ3) is 3.57. The predicted molar refractivity (Wildman–Crippen MR) is 147 cm³/mol. The first kappa shape index (κ1) is 24.8. The lowest BCUT2D eigenvalue weighted by Gasteiger charge is -2.43. The minimum absolute atomic E-state index is 0.101. The largest absolute Gasteiger partial charge is 0.508 e. The summed E-state index contributed by atoms with van der Waals surface area (Å²) in [6, 6.07) is 11.5. The zero-order chi connectivity index (χ0) is 27.9. The lowest BCUT2D eigenvalue weighted by Crippen LogP contribution is -2.41. The number of aromatic hydroxyl groups is 1. The molecule has 0 radical (unpaired) electrons. The first-order valence-corrected chi connectivity index (χ1v) is 13.6. The van der Waals surface area contributed by atoms with Gasteiger partial charge in [0.1, 0.15) is 11.5 Å². The fourth-order valence-electron chi connectivity index (χ4n) is 7.04. The number of carbonyl (C=O) groups is 4. The van der Waals surface area contributed by atoms with Crippen LogP contribution in [0.15, 0.2) is 88.7 Å². The molecule has 8 heteroatoms. The summed E-state index contributed by atoms with van der Waals surface area (Å²) in [5.74, 6) is -2.50. The van der Waals surface area contributed by atoms with Crippen LogP contribution < -0.4 is 9.64 Å². The molecular formula is C32H24ClNO6. The summed E-state index contributed by atoms with van der Waals surface area (Å²) in [5, 5.41) is 10.6. The van der Waals surface area contributed by atoms with Gasteiger partial charge in [-0.1, -0.05) is 23.3 Å². The van der Waals surface area contributed by atoms with Crippen molar-refractivity contribution < 1.29 is 29.0 Å². The van der Waals surface area contributed by atoms with E-state index < -0.39 is 23.7 Å². The highest BCUT2D eigenvalue weighted by Crippen LogP contribution is 2.55. The molecule has 0 aromatic heterocycles. The number of Topliss-reactive ketones (excluding diaryl/α,β-unsaturated/α-hetero) is 1. The highest BCUT2D eigenvalue weighted by molar-refractivity contribution is 6.31. The van der Waals surface area contributed by atoms with E-state index in [1.165, 1.54) is 11.0 Å². The number of amides is 2. The van der Waals surface area contributed by atoms with Gasteiger partial charge in [-0.25, -0.2) is 0 Å². The van der Waals surface area contributed by atoms with Crippen LogP contribution in [-0.2, 0) is 25.6 Å². The fourth-order valence-corrected chi connectivity index (χ4v) is 7.16. The van der Waals surface area contributed by atoms with E-state index in [4.69, 9.17) is 16.3 Å². The SMILES string of the molecule is CC1=CC(=O)C2=C(C[C@@H]3C(=CC[C@@H]4C(=O)N(c5ccc(Cl)cc5)C(=O)[C@@H]43)[C@@H]2C2=COc3ccc(O)cc3C2)C1=O. The summed E-state index contributed by atoms with van der Waals surface area (Å²) in [5.41, 5.74) is 4.05. The van der Waals surface area contributed by atoms with Gasteiger partial charge in [0.2, 0.25) is 11.8 Å². The van der Waals surface area contributed by atoms with E-state index in [2.05, 4.69) is 0 Å². The zero-order valence-corrected chi connectivity index (χ0v) is 22.3. The van der Waals surface area contributed by atoms with Crippen LogP contribution in [0.1, 0.15) is 25.3 Å². The number of benzene rings is 2. The normalized spacial score (nSPS) is 27.2. The highest BCUT2D eigenvalue weighted by Gasteiger charge is 2.57. The average molecular weight is 554 g/mol. The molecule has 1 saturated heterocycles. The molecule has 5 aliphatic rings. The number of allylic oxidation sites excluding steroid dienone is 7. The Labute approximate surface area is 235 Å². The molecule has 200 valence electrons. The van der Waals surface area contributed by atoms with E-state index in [0.717, 1.165) is 16.7 Å². The van der Waals surface area contributed by atoms with Crippen molar-refractivity contribution in [2.24, 2.45) is 23.7 Å². The number of ketones is 2. The van der Waals surface area contributed by atoms with Gasteiger partial charge in [0.25, 0.3) is 0 Å². The van der Waals surface area contributed by atoms with E-state index in [1.807, 2.05) is 6.08 Å². The molecular weight excluding hydrogens is 530 g/mol. The van der Waals surface area contributed by atoms with Crippen LogP contribution in [0.2, 0.25) is 5.02 Å². The molecule has 0 bridgehead atoms. The Kier molecular flexibility index (Phi) is 5.51. The standard InChI is InChI=1S/C32H24ClNO6/c1-15-10-25(36)29-24(30(15)37)13-23-21(27(29)17-11-16-12-20(35)6-9-26(16)40-14-17)7-8-22-28(23)32(39)34(31(22)38)19-4-2-18(33)3-5-19/h2-7,9-10,12,14,22-23,27-28,35H,8,11,13H2,1H3/t22-,23+,27-,28-/m0/s1. The number of fused-ring (bicyclic) bond motifs is 4. The van der Waals surface area contributed by atoms with Gasteiger partial charge in [-0.15, -0.1) is 0 Å². The van der Waals surface area contributed by atoms with E-state index in [0.29, 0.717) is 46.0 Å². The van der Waals surface area contributed by atoms with Crippen LogP contribution in [0, 0.1) is 23.7 Å². The van der Waals surface area contributed by atoms with Crippen molar-refractivity contribution in [2.75, 3.05) is 4.90 Å². The quantitative estimate of drug-likeness (QED) is 0.318. The third-order valence-corrected chi connectivity index (χ3v) is 9.05. The second-order valence-corrected chi connectivity index (χ2v) is 11.4. The predicted octanol–water partition coefficient (Wildman–Crippen LogP) is 5.03. The molecule has 0 unspecified atom stereocenters. The van der Waals surface area contributed by atoms with Crippen LogP contribution in [0.25, 0.3) is 0 Å². The summed E-state index contributed by atoms with van der Waals surface area (Å²) in [4.78, 5) is 55.6. The number of phenols is 1. The summed E-state index contributed by atoms with van der Waals surface area (Å²) in [7, 11) is 0. The molecule has 1 N–H and O–H groups in total. The van der Waals surface area contributed by atoms with Gasteiger partial charge in [0.05, 0.1) is 23.8 Å². The Hall–Kier alpha value is -4.23.